The molecule has 14 heteroatoms. The van der Waals surface area contributed by atoms with Crippen LogP contribution >= 0.6 is 0 Å². The highest BCUT2D eigenvalue weighted by Gasteiger charge is 2.31. The molecule has 2 aromatic carbocycles. The Kier molecular flexibility index (Phi) is 9.37. The van der Waals surface area contributed by atoms with Gasteiger partial charge in [0.05, 0.1) is 23.0 Å². The molecule has 0 spiro atoms. The average Bonchev–Trinajstić information content (AvgIpc) is 2.86. The number of nitrogens with one attached hydrogen (secondary N) is 3. The van der Waals surface area contributed by atoms with Crippen LogP contribution in [0.4, 0.5) is 28.4 Å². The molecule has 0 saturated carbocycles. The maximum Gasteiger partial charge on any atom is 0.426 e. The lowest BCUT2D eigenvalue weighted by atomic mass is 10.0. The molecule has 218 valence electrons. The van der Waals surface area contributed by atoms with Gasteiger partial charge in [-0.25, -0.2) is 20.0 Å². The molecule has 11 nitrogen and oxygen atoms in total. The highest BCUT2D eigenvalue weighted by Crippen LogP contribution is 2.29. The van der Waals surface area contributed by atoms with E-state index in [1.807, 2.05) is 5.43 Å². The summed E-state index contributed by atoms with van der Waals surface area (Å²) in [6.07, 6.45) is -4.58. The quantitative estimate of drug-likeness (QED) is 0.306. The number of carboxylic acid groups (broad SMARTS) is 1. The first-order valence-electron chi connectivity index (χ1n) is 12.2. The van der Waals surface area contributed by atoms with Crippen molar-refractivity contribution in [2.75, 3.05) is 11.9 Å². The van der Waals surface area contributed by atoms with Crippen LogP contribution in [0.25, 0.3) is 10.9 Å². The number of benzene rings is 2. The van der Waals surface area contributed by atoms with Gasteiger partial charge in [-0.3, -0.25) is 14.6 Å². The molecule has 0 radical (unpaired) electrons. The number of aromatic nitrogens is 1. The zero-order valence-electron chi connectivity index (χ0n) is 22.3. The van der Waals surface area contributed by atoms with Crippen molar-refractivity contribution in [1.82, 2.24) is 20.7 Å². The van der Waals surface area contributed by atoms with Gasteiger partial charge in [0, 0.05) is 11.8 Å². The first-order valence-corrected chi connectivity index (χ1v) is 12.2. The molecule has 3 aromatic rings. The largest absolute Gasteiger partial charge is 0.480 e. The second-order valence-corrected chi connectivity index (χ2v) is 9.90. The number of carbonyl (C=O) groups excluding carboxylic acids is 3. The van der Waals surface area contributed by atoms with Crippen LogP contribution in [-0.4, -0.2) is 57.3 Å². The summed E-state index contributed by atoms with van der Waals surface area (Å²) in [4.78, 5) is 54.1. The molecule has 0 unspecified atom stereocenters. The van der Waals surface area contributed by atoms with Gasteiger partial charge in [-0.1, -0.05) is 30.3 Å². The van der Waals surface area contributed by atoms with Crippen molar-refractivity contribution in [3.8, 4) is 0 Å². The van der Waals surface area contributed by atoms with E-state index in [-0.39, 0.29) is 17.7 Å². The third-order valence-corrected chi connectivity index (χ3v) is 5.36. The van der Waals surface area contributed by atoms with E-state index in [9.17, 15) is 37.5 Å². The SMILES string of the molecule is CC(C)(C)OC(=O)NN(CC(=O)O)C(=O)N[C@@H](Cc1ccc(C(F)(F)F)cc1)C(=O)Nc1cnc2ccccc2c1. The summed E-state index contributed by atoms with van der Waals surface area (Å²) in [5, 5.41) is 15.3. The second-order valence-electron chi connectivity index (χ2n) is 9.90. The Morgan fingerprint density at radius 2 is 1.68 bits per heavy atom. The lowest BCUT2D eigenvalue weighted by Gasteiger charge is -2.27. The zero-order valence-corrected chi connectivity index (χ0v) is 22.3. The number of hydrogen-bond donors (Lipinski definition) is 4. The first kappa shape index (κ1) is 30.7. The smallest absolute Gasteiger partial charge is 0.426 e. The van der Waals surface area contributed by atoms with Crippen LogP contribution in [-0.2, 0) is 26.9 Å². The summed E-state index contributed by atoms with van der Waals surface area (Å²) >= 11 is 0. The minimum Gasteiger partial charge on any atom is -0.480 e. The van der Waals surface area contributed by atoms with Gasteiger partial charge in [0.1, 0.15) is 18.2 Å². The van der Waals surface area contributed by atoms with Crippen molar-refractivity contribution in [3.05, 3.63) is 71.9 Å². The molecular weight excluding hydrogens is 547 g/mol. The van der Waals surface area contributed by atoms with E-state index in [1.54, 1.807) is 51.1 Å². The van der Waals surface area contributed by atoms with Crippen LogP contribution in [0.5, 0.6) is 0 Å². The molecule has 4 amide bonds. The van der Waals surface area contributed by atoms with Crippen LogP contribution in [0.1, 0.15) is 31.9 Å². The number of carboxylic acids is 1. The number of aliphatic carboxylic acids is 1. The summed E-state index contributed by atoms with van der Waals surface area (Å²) in [5.41, 5.74) is 1.36. The third kappa shape index (κ3) is 9.37. The molecular formula is C27H28F3N5O6. The number of fused-ring (bicyclic) bond motifs is 1. The van der Waals surface area contributed by atoms with Crippen molar-refractivity contribution >= 4 is 40.6 Å². The van der Waals surface area contributed by atoms with Crippen LogP contribution in [0, 0.1) is 0 Å². The van der Waals surface area contributed by atoms with E-state index in [1.165, 1.54) is 6.20 Å². The number of hydrogen-bond acceptors (Lipinski definition) is 6. The van der Waals surface area contributed by atoms with Gasteiger partial charge >= 0.3 is 24.3 Å². The number of amides is 4. The number of pyridine rings is 1. The molecule has 0 saturated heterocycles. The number of carbonyl (C=O) groups is 4. The zero-order chi connectivity index (χ0) is 30.4. The van der Waals surface area contributed by atoms with Gasteiger partial charge in [0.15, 0.2) is 0 Å². The van der Waals surface area contributed by atoms with Crippen molar-refractivity contribution in [1.29, 1.82) is 0 Å². The summed E-state index contributed by atoms with van der Waals surface area (Å²) < 4.78 is 44.1. The van der Waals surface area contributed by atoms with Crippen LogP contribution < -0.4 is 16.1 Å². The van der Waals surface area contributed by atoms with Crippen LogP contribution in [0.15, 0.2) is 60.8 Å². The second kappa shape index (κ2) is 12.5. The molecule has 1 atom stereocenters. The fourth-order valence-electron chi connectivity index (χ4n) is 3.58. The van der Waals surface area contributed by atoms with Crippen LogP contribution in [0.2, 0.25) is 0 Å². The summed E-state index contributed by atoms with van der Waals surface area (Å²) in [5.74, 6) is -2.26. The lowest BCUT2D eigenvalue weighted by Crippen LogP contribution is -2.57. The van der Waals surface area contributed by atoms with Crippen molar-refractivity contribution in [3.63, 3.8) is 0 Å². The Bertz CT molecular complexity index is 1420. The fourth-order valence-corrected chi connectivity index (χ4v) is 3.58. The molecule has 41 heavy (non-hydrogen) atoms. The van der Waals surface area contributed by atoms with Gasteiger partial charge in [-0.05, 0) is 50.6 Å². The standard InChI is InChI=1S/C27H28F3N5O6/c1-26(2,3)41-25(40)34-35(15-22(36)37)24(39)33-21(12-16-8-10-18(11-9-16)27(28,29)30)23(38)32-19-13-17-6-4-5-7-20(17)31-14-19/h4-11,13-14,21H,12,15H2,1-3H3,(H,32,38)(H,33,39)(H,34,40)(H,36,37)/t21-/m0/s1. The van der Waals surface area contributed by atoms with Gasteiger partial charge in [-0.15, -0.1) is 0 Å². The highest BCUT2D eigenvalue weighted by molar-refractivity contribution is 5.98. The van der Waals surface area contributed by atoms with Crippen molar-refractivity contribution in [2.24, 2.45) is 0 Å². The van der Waals surface area contributed by atoms with Gasteiger partial charge < -0.3 is 20.5 Å². The van der Waals surface area contributed by atoms with Crippen LogP contribution in [0.3, 0.4) is 0 Å². The summed E-state index contributed by atoms with van der Waals surface area (Å²) in [6.45, 7) is 3.68. The molecule has 0 aliphatic heterocycles. The first-order chi connectivity index (χ1) is 19.1. The van der Waals surface area contributed by atoms with Gasteiger partial charge in [0.2, 0.25) is 5.91 Å². The van der Waals surface area contributed by atoms with E-state index < -0.39 is 53.9 Å². The molecule has 4 N–H and O–H groups in total. The average molecular weight is 576 g/mol. The minimum absolute atomic E-state index is 0.264. The Labute approximate surface area is 232 Å². The molecule has 3 rings (SSSR count). The third-order valence-electron chi connectivity index (χ3n) is 5.36. The number of anilines is 1. The monoisotopic (exact) mass is 575 g/mol. The number of hydrazine groups is 1. The lowest BCUT2D eigenvalue weighted by molar-refractivity contribution is -0.138. The minimum atomic E-state index is -4.57. The van der Waals surface area contributed by atoms with E-state index in [2.05, 4.69) is 15.6 Å². The van der Waals surface area contributed by atoms with E-state index in [4.69, 9.17) is 4.74 Å². The number of rotatable bonds is 7. The van der Waals surface area contributed by atoms with Crippen molar-refractivity contribution < 1.29 is 42.2 Å². The Balaban J connectivity index is 1.85. The Hall–Kier alpha value is -4.88. The Morgan fingerprint density at radius 1 is 1.02 bits per heavy atom. The maximum atomic E-state index is 13.3. The molecule has 0 aliphatic rings. The van der Waals surface area contributed by atoms with E-state index >= 15 is 0 Å². The number of alkyl halides is 3. The molecule has 1 aromatic heterocycles. The normalized spacial score (nSPS) is 12.2. The van der Waals surface area contributed by atoms with E-state index in [0.717, 1.165) is 24.3 Å². The summed E-state index contributed by atoms with van der Waals surface area (Å²) in [7, 11) is 0. The topological polar surface area (TPSA) is 150 Å². The number of para-hydroxylation sites is 1. The maximum absolute atomic E-state index is 13.3. The highest BCUT2D eigenvalue weighted by atomic mass is 19.4. The number of nitrogens with zero attached hydrogens (tertiary/aromatic N) is 2. The van der Waals surface area contributed by atoms with Gasteiger partial charge in [-0.2, -0.15) is 13.2 Å². The van der Waals surface area contributed by atoms with E-state index in [0.29, 0.717) is 15.9 Å². The molecule has 1 heterocycles. The summed E-state index contributed by atoms with van der Waals surface area (Å²) in [6, 6.07) is 10.1. The molecule has 0 fully saturated rings. The van der Waals surface area contributed by atoms with Gasteiger partial charge in [0.25, 0.3) is 0 Å². The fraction of sp³-hybridized carbons (Fsp3) is 0.296. The molecule has 0 bridgehead atoms. The number of ether oxygens (including phenoxy) is 1. The number of halogens is 3. The predicted octanol–water partition coefficient (Wildman–Crippen LogP) is 4.34. The number of urea groups is 1. The molecule has 0 aliphatic carbocycles. The van der Waals surface area contributed by atoms with Crippen molar-refractivity contribution in [2.45, 2.75) is 45.0 Å². The Morgan fingerprint density at radius 3 is 2.29 bits per heavy atom. The predicted molar refractivity (Wildman–Crippen MR) is 142 cm³/mol.